The van der Waals surface area contributed by atoms with Gasteiger partial charge in [-0.2, -0.15) is 5.10 Å². The summed E-state index contributed by atoms with van der Waals surface area (Å²) in [4.78, 5) is 28.3. The van der Waals surface area contributed by atoms with E-state index in [-0.39, 0.29) is 24.2 Å². The molecule has 2 saturated heterocycles. The molecule has 1 atom stereocenters. The molecule has 4 heterocycles. The van der Waals surface area contributed by atoms with Gasteiger partial charge in [-0.05, 0) is 12.1 Å². The number of aryl methyl sites for hydroxylation is 1. The average molecular weight is 360 g/mol. The summed E-state index contributed by atoms with van der Waals surface area (Å²) in [6.45, 7) is 1.68. The van der Waals surface area contributed by atoms with Crippen LogP contribution in [0, 0.1) is 0 Å². The maximum absolute atomic E-state index is 12.7. The fourth-order valence-electron chi connectivity index (χ4n) is 3.32. The highest BCUT2D eigenvalue weighted by molar-refractivity contribution is 5.95. The molecule has 0 aromatic carbocycles. The van der Waals surface area contributed by atoms with Crippen LogP contribution in [0.5, 0.6) is 0 Å². The van der Waals surface area contributed by atoms with Crippen molar-refractivity contribution in [1.29, 1.82) is 0 Å². The van der Waals surface area contributed by atoms with Crippen molar-refractivity contribution in [2.75, 3.05) is 44.4 Å². The Morgan fingerprint density at radius 3 is 2.96 bits per heavy atom. The zero-order valence-electron chi connectivity index (χ0n) is 14.5. The van der Waals surface area contributed by atoms with E-state index in [0.717, 1.165) is 0 Å². The predicted molar refractivity (Wildman–Crippen MR) is 89.7 cm³/mol. The van der Waals surface area contributed by atoms with Gasteiger partial charge in [-0.3, -0.25) is 14.3 Å². The minimum Gasteiger partial charge on any atom is -0.459 e. The number of hydrogen-bond donors (Lipinski definition) is 0. The molecule has 2 aliphatic rings. The van der Waals surface area contributed by atoms with Crippen LogP contribution in [0.2, 0.25) is 0 Å². The highest BCUT2D eigenvalue weighted by Gasteiger charge is 2.44. The lowest BCUT2D eigenvalue weighted by atomic mass is 10.0. The molecule has 0 bridgehead atoms. The quantitative estimate of drug-likeness (QED) is 0.765. The molecule has 0 saturated carbocycles. The number of nitrogens with zero attached hydrogens (tertiary/aromatic N) is 4. The molecule has 9 heteroatoms. The summed E-state index contributed by atoms with van der Waals surface area (Å²) in [5.74, 6) is -0.0804. The van der Waals surface area contributed by atoms with Crippen molar-refractivity contribution in [1.82, 2.24) is 14.7 Å². The van der Waals surface area contributed by atoms with Gasteiger partial charge < -0.3 is 23.7 Å². The molecule has 2 fully saturated rings. The highest BCUT2D eigenvalue weighted by Crippen LogP contribution is 2.27. The number of morpholine rings is 1. The highest BCUT2D eigenvalue weighted by atomic mass is 16.6. The van der Waals surface area contributed by atoms with Crippen LogP contribution in [-0.2, 0) is 21.3 Å². The van der Waals surface area contributed by atoms with Crippen molar-refractivity contribution in [3.8, 4) is 0 Å². The van der Waals surface area contributed by atoms with Crippen molar-refractivity contribution in [3.05, 3.63) is 36.5 Å². The molecule has 2 amide bonds. The number of carbonyl (C=O) groups excluding carboxylic acids is 2. The van der Waals surface area contributed by atoms with Gasteiger partial charge in [0.15, 0.2) is 5.76 Å². The second-order valence-electron chi connectivity index (χ2n) is 6.58. The second-order valence-corrected chi connectivity index (χ2v) is 6.58. The van der Waals surface area contributed by atoms with E-state index in [1.54, 1.807) is 46.1 Å². The van der Waals surface area contributed by atoms with E-state index in [0.29, 0.717) is 38.5 Å². The van der Waals surface area contributed by atoms with Crippen molar-refractivity contribution < 1.29 is 23.5 Å². The first-order valence-corrected chi connectivity index (χ1v) is 8.40. The van der Waals surface area contributed by atoms with Gasteiger partial charge in [0.05, 0.1) is 44.5 Å². The Morgan fingerprint density at radius 1 is 1.35 bits per heavy atom. The molecule has 2 aromatic heterocycles. The van der Waals surface area contributed by atoms with Gasteiger partial charge in [0.2, 0.25) is 0 Å². The molecule has 0 radical (unpaired) electrons. The molecule has 2 aliphatic heterocycles. The minimum absolute atomic E-state index is 0.0684. The summed E-state index contributed by atoms with van der Waals surface area (Å²) in [5, 5.41) is 4.13. The predicted octanol–water partition coefficient (Wildman–Crippen LogP) is 0.288. The summed E-state index contributed by atoms with van der Waals surface area (Å²) < 4.78 is 18.5. The summed E-state index contributed by atoms with van der Waals surface area (Å²) in [7, 11) is 1.79. The van der Waals surface area contributed by atoms with E-state index in [1.165, 1.54) is 6.26 Å². The van der Waals surface area contributed by atoms with Crippen molar-refractivity contribution >= 4 is 17.5 Å². The largest absolute Gasteiger partial charge is 0.459 e. The van der Waals surface area contributed by atoms with Crippen LogP contribution in [-0.4, -0.2) is 71.6 Å². The second kappa shape index (κ2) is 6.58. The average Bonchev–Trinajstić information content (AvgIpc) is 3.27. The monoisotopic (exact) mass is 360 g/mol. The molecule has 0 N–H and O–H groups in total. The number of carbonyl (C=O) groups is 2. The van der Waals surface area contributed by atoms with Crippen LogP contribution in [0.1, 0.15) is 10.6 Å². The first-order chi connectivity index (χ1) is 12.6. The van der Waals surface area contributed by atoms with Crippen molar-refractivity contribution in [2.24, 2.45) is 7.05 Å². The molecular formula is C17H20N4O5. The van der Waals surface area contributed by atoms with Crippen molar-refractivity contribution in [2.45, 2.75) is 5.60 Å². The molecule has 138 valence electrons. The number of aromatic nitrogens is 2. The molecule has 0 aliphatic carbocycles. The summed E-state index contributed by atoms with van der Waals surface area (Å²) in [5.41, 5.74) is -0.0870. The fourth-order valence-corrected chi connectivity index (χ4v) is 3.32. The third kappa shape index (κ3) is 3.11. The summed E-state index contributed by atoms with van der Waals surface area (Å²) >= 11 is 0. The molecule has 0 unspecified atom stereocenters. The van der Waals surface area contributed by atoms with Gasteiger partial charge in [-0.15, -0.1) is 0 Å². The smallest absolute Gasteiger partial charge is 0.289 e. The van der Waals surface area contributed by atoms with E-state index in [4.69, 9.17) is 13.9 Å². The van der Waals surface area contributed by atoms with Gasteiger partial charge in [0.25, 0.3) is 11.8 Å². The van der Waals surface area contributed by atoms with Crippen LogP contribution in [0.3, 0.4) is 0 Å². The lowest BCUT2D eigenvalue weighted by Crippen LogP contribution is -2.61. The molecule has 2 aromatic rings. The van der Waals surface area contributed by atoms with Gasteiger partial charge in [-0.1, -0.05) is 0 Å². The standard InChI is InChI=1S/C17H20N4O5/c1-19-8-13(7-18-19)21-11-17(26-9-15(21)22)10-20(4-6-24-12-17)16(23)14-3-2-5-25-14/h2-3,5,7-8H,4,6,9-12H2,1H3/t17-/m0/s1. The first-order valence-electron chi connectivity index (χ1n) is 8.40. The zero-order valence-corrected chi connectivity index (χ0v) is 14.5. The molecular weight excluding hydrogens is 340 g/mol. The van der Waals surface area contributed by atoms with Gasteiger partial charge >= 0.3 is 0 Å². The van der Waals surface area contributed by atoms with Gasteiger partial charge in [0.1, 0.15) is 12.2 Å². The van der Waals surface area contributed by atoms with Crippen LogP contribution in [0.4, 0.5) is 5.69 Å². The topological polar surface area (TPSA) is 90.0 Å². The molecule has 26 heavy (non-hydrogen) atoms. The van der Waals surface area contributed by atoms with Gasteiger partial charge in [-0.25, -0.2) is 0 Å². The Morgan fingerprint density at radius 2 is 2.23 bits per heavy atom. The Kier molecular flexibility index (Phi) is 4.25. The summed E-state index contributed by atoms with van der Waals surface area (Å²) in [6.07, 6.45) is 4.89. The number of hydrogen-bond acceptors (Lipinski definition) is 6. The van der Waals surface area contributed by atoms with E-state index in [2.05, 4.69) is 5.10 Å². The zero-order chi connectivity index (χ0) is 18.1. The lowest BCUT2D eigenvalue weighted by Gasteiger charge is -2.42. The van der Waals surface area contributed by atoms with E-state index >= 15 is 0 Å². The Hall–Kier alpha value is -2.65. The maximum atomic E-state index is 12.7. The number of amides is 2. The van der Waals surface area contributed by atoms with E-state index < -0.39 is 5.60 Å². The maximum Gasteiger partial charge on any atom is 0.289 e. The Bertz CT molecular complexity index is 802. The SMILES string of the molecule is Cn1cc(N2C[C@@]3(COCCN(C(=O)c4ccco4)C3)OCC2=O)cn1. The normalized spacial score (nSPS) is 24.1. The first kappa shape index (κ1) is 16.8. The number of anilines is 1. The Balaban J connectivity index is 1.57. The van der Waals surface area contributed by atoms with E-state index in [9.17, 15) is 9.59 Å². The van der Waals surface area contributed by atoms with Crippen LogP contribution in [0.15, 0.2) is 35.2 Å². The van der Waals surface area contributed by atoms with Crippen LogP contribution >= 0.6 is 0 Å². The number of furan rings is 1. The van der Waals surface area contributed by atoms with E-state index in [1.807, 2.05) is 0 Å². The summed E-state index contributed by atoms with van der Waals surface area (Å²) in [6, 6.07) is 3.31. The molecule has 4 rings (SSSR count). The third-order valence-corrected chi connectivity index (χ3v) is 4.62. The molecule has 9 nitrogen and oxygen atoms in total. The van der Waals surface area contributed by atoms with Gasteiger partial charge in [0, 0.05) is 19.8 Å². The third-order valence-electron chi connectivity index (χ3n) is 4.62. The van der Waals surface area contributed by atoms with Crippen LogP contribution in [0.25, 0.3) is 0 Å². The number of rotatable bonds is 2. The fraction of sp³-hybridized carbons (Fsp3) is 0.471. The lowest BCUT2D eigenvalue weighted by molar-refractivity contribution is -0.145. The minimum atomic E-state index is -0.789. The number of ether oxygens (including phenoxy) is 2. The van der Waals surface area contributed by atoms with Crippen LogP contribution < -0.4 is 4.90 Å². The molecule has 1 spiro atoms. The Labute approximate surface area is 150 Å². The van der Waals surface area contributed by atoms with Crippen molar-refractivity contribution in [3.63, 3.8) is 0 Å².